The van der Waals surface area contributed by atoms with E-state index in [4.69, 9.17) is 23.7 Å². The van der Waals surface area contributed by atoms with E-state index in [9.17, 15) is 14.4 Å². The van der Waals surface area contributed by atoms with Crippen molar-refractivity contribution in [2.24, 2.45) is 13.0 Å². The maximum absolute atomic E-state index is 13.2. The Bertz CT molecular complexity index is 1970. The Labute approximate surface area is 334 Å². The highest BCUT2D eigenvalue weighted by Crippen LogP contribution is 2.36. The van der Waals surface area contributed by atoms with Crippen LogP contribution in [0, 0.1) is 5.92 Å². The number of benzene rings is 1. The molecule has 1 aromatic carbocycles. The van der Waals surface area contributed by atoms with E-state index in [0.717, 1.165) is 104 Å². The zero-order chi connectivity index (χ0) is 39.4. The van der Waals surface area contributed by atoms with Gasteiger partial charge in [0.05, 0.1) is 68.5 Å². The lowest BCUT2D eigenvalue weighted by Gasteiger charge is -2.30. The maximum Gasteiger partial charge on any atom is 0.329 e. The fraction of sp³-hybridized carbons (Fsp3) is 0.651. The number of aryl methyl sites for hydroxylation is 2. The van der Waals surface area contributed by atoms with Gasteiger partial charge in [-0.2, -0.15) is 0 Å². The average molecular weight is 789 g/mol. The van der Waals surface area contributed by atoms with E-state index < -0.39 is 6.04 Å². The lowest BCUT2D eigenvalue weighted by atomic mass is 9.83. The van der Waals surface area contributed by atoms with Gasteiger partial charge in [0.1, 0.15) is 23.6 Å². The van der Waals surface area contributed by atoms with Gasteiger partial charge in [0, 0.05) is 52.1 Å². The van der Waals surface area contributed by atoms with Gasteiger partial charge in [-0.3, -0.25) is 18.7 Å². The first kappa shape index (κ1) is 41.2. The third kappa shape index (κ3) is 10.6. The summed E-state index contributed by atoms with van der Waals surface area (Å²) in [5, 5.41) is 4.93. The van der Waals surface area contributed by atoms with Crippen molar-refractivity contribution in [1.82, 2.24) is 24.1 Å². The minimum absolute atomic E-state index is 0.0520. The van der Waals surface area contributed by atoms with Crippen LogP contribution in [0.4, 0.5) is 5.82 Å². The molecule has 1 atom stereocenters. The molecule has 4 aromatic rings. The molecule has 14 heteroatoms. The summed E-state index contributed by atoms with van der Waals surface area (Å²) in [7, 11) is 1.74. The Hall–Kier alpha value is -3.95. The van der Waals surface area contributed by atoms with E-state index in [1.165, 1.54) is 24.8 Å². The molecule has 3 fully saturated rings. The van der Waals surface area contributed by atoms with Crippen molar-refractivity contribution in [3.8, 4) is 0 Å². The number of imidazole rings is 1. The van der Waals surface area contributed by atoms with Crippen molar-refractivity contribution in [1.29, 1.82) is 0 Å². The number of hydrogen-bond donors (Lipinski definition) is 2. The van der Waals surface area contributed by atoms with Crippen LogP contribution in [0.1, 0.15) is 100 Å². The van der Waals surface area contributed by atoms with Crippen LogP contribution < -0.4 is 11.0 Å². The number of nitrogens with zero attached hydrogens (tertiary/aromatic N) is 4. The molecule has 4 heterocycles. The number of aromatic nitrogens is 5. The predicted molar refractivity (Wildman–Crippen MR) is 217 cm³/mol. The quantitative estimate of drug-likeness (QED) is 0.0774. The van der Waals surface area contributed by atoms with Crippen LogP contribution in [0.3, 0.4) is 0 Å². The Morgan fingerprint density at radius 1 is 0.842 bits per heavy atom. The lowest BCUT2D eigenvalue weighted by Crippen LogP contribution is -2.34. The topological polar surface area (TPSA) is 161 Å². The molecule has 3 aliphatic rings. The molecule has 1 aliphatic heterocycles. The second-order valence-corrected chi connectivity index (χ2v) is 15.9. The molecule has 2 aliphatic carbocycles. The number of aromatic amines is 1. The molecule has 57 heavy (non-hydrogen) atoms. The van der Waals surface area contributed by atoms with E-state index in [1.54, 1.807) is 22.5 Å². The molecule has 0 radical (unpaired) electrons. The van der Waals surface area contributed by atoms with Crippen LogP contribution in [0.2, 0.25) is 0 Å². The first-order valence-electron chi connectivity index (χ1n) is 21.2. The van der Waals surface area contributed by atoms with Gasteiger partial charge in [-0.05, 0) is 99.7 Å². The number of Topliss-reactive ketones (excluding diaryl/α,β-unsaturated/α-hetero) is 2. The zero-order valence-corrected chi connectivity index (χ0v) is 33.5. The van der Waals surface area contributed by atoms with E-state index in [1.807, 2.05) is 18.2 Å². The highest BCUT2D eigenvalue weighted by atomic mass is 16.6. The highest BCUT2D eigenvalue weighted by Gasteiger charge is 2.32. The fourth-order valence-electron chi connectivity index (χ4n) is 8.97. The van der Waals surface area contributed by atoms with Crippen molar-refractivity contribution in [2.45, 2.75) is 101 Å². The number of H-pyrrole nitrogens is 1. The Kier molecular flexibility index (Phi) is 14.9. The summed E-state index contributed by atoms with van der Waals surface area (Å²) >= 11 is 0. The molecule has 3 aromatic heterocycles. The number of carbonyl (C=O) groups excluding carboxylic acids is 2. The number of fused-ring (bicyclic) bond motifs is 2. The van der Waals surface area contributed by atoms with Crippen LogP contribution in [-0.2, 0) is 46.7 Å². The van der Waals surface area contributed by atoms with Gasteiger partial charge in [-0.15, -0.1) is 0 Å². The van der Waals surface area contributed by atoms with Gasteiger partial charge >= 0.3 is 5.69 Å². The Morgan fingerprint density at radius 3 is 2.26 bits per heavy atom. The maximum atomic E-state index is 13.2. The smallest absolute Gasteiger partial charge is 0.329 e. The number of nitrogens with one attached hydrogen (secondary N) is 2. The Morgan fingerprint density at radius 2 is 1.54 bits per heavy atom. The molecule has 0 bridgehead atoms. The predicted octanol–water partition coefficient (Wildman–Crippen LogP) is 5.82. The van der Waals surface area contributed by atoms with Crippen molar-refractivity contribution < 1.29 is 33.3 Å². The number of ether oxygens (including phenoxy) is 5. The van der Waals surface area contributed by atoms with E-state index in [-0.39, 0.29) is 23.7 Å². The van der Waals surface area contributed by atoms with E-state index >= 15 is 0 Å². The van der Waals surface area contributed by atoms with Gasteiger partial charge in [0.15, 0.2) is 5.78 Å². The molecule has 14 nitrogen and oxygen atoms in total. The second-order valence-electron chi connectivity index (χ2n) is 15.9. The van der Waals surface area contributed by atoms with Crippen LogP contribution in [0.15, 0.2) is 35.5 Å². The molecule has 310 valence electrons. The number of rotatable bonds is 21. The largest absolute Gasteiger partial charge is 0.381 e. The highest BCUT2D eigenvalue weighted by molar-refractivity contribution is 6.03. The minimum atomic E-state index is -0.580. The van der Waals surface area contributed by atoms with Gasteiger partial charge < -0.3 is 34.0 Å². The van der Waals surface area contributed by atoms with Crippen LogP contribution >= 0.6 is 0 Å². The van der Waals surface area contributed by atoms with Gasteiger partial charge in [0.25, 0.3) is 0 Å². The monoisotopic (exact) mass is 788 g/mol. The Balaban J connectivity index is 0.684. The zero-order valence-electron chi connectivity index (χ0n) is 33.5. The number of ketones is 2. The van der Waals surface area contributed by atoms with Crippen LogP contribution in [0.5, 0.6) is 0 Å². The van der Waals surface area contributed by atoms with Crippen molar-refractivity contribution >= 4 is 39.5 Å². The molecule has 1 unspecified atom stereocenters. The van der Waals surface area contributed by atoms with Gasteiger partial charge in [0.2, 0.25) is 0 Å². The average Bonchev–Trinajstić information content (AvgIpc) is 3.78. The van der Waals surface area contributed by atoms with Crippen LogP contribution in [-0.4, -0.2) is 108 Å². The van der Waals surface area contributed by atoms with Gasteiger partial charge in [-0.1, -0.05) is 12.1 Å². The first-order chi connectivity index (χ1) is 28.0. The number of para-hydroxylation sites is 1. The normalized spacial score (nSPS) is 20.9. The number of hydrogen-bond acceptors (Lipinski definition) is 11. The second kappa shape index (κ2) is 20.6. The fourth-order valence-corrected chi connectivity index (χ4v) is 8.97. The summed E-state index contributed by atoms with van der Waals surface area (Å²) in [6, 6.07) is 5.68. The summed E-state index contributed by atoms with van der Waals surface area (Å²) in [6.45, 7) is 6.15. The first-order valence-corrected chi connectivity index (χ1v) is 21.2. The summed E-state index contributed by atoms with van der Waals surface area (Å²) in [5.74, 6) is 1.98. The van der Waals surface area contributed by atoms with Gasteiger partial charge in [-0.25, -0.2) is 14.8 Å². The summed E-state index contributed by atoms with van der Waals surface area (Å²) < 4.78 is 31.8. The SMILES string of the molecule is Cn1c(=O)n(C2CCC(=O)CC2=O)c2cccc(CCCOCCOCCOCCOCCCC3CCC(Nc4ncnc5[nH]cc(C6CCOCC6)c45)CC3)c21. The van der Waals surface area contributed by atoms with Crippen molar-refractivity contribution in [3.63, 3.8) is 0 Å². The number of carbonyl (C=O) groups is 2. The van der Waals surface area contributed by atoms with Crippen molar-refractivity contribution in [3.05, 3.63) is 52.3 Å². The molecule has 1 saturated heterocycles. The van der Waals surface area contributed by atoms with Crippen LogP contribution in [0.25, 0.3) is 22.1 Å². The molecule has 7 rings (SSSR count). The summed E-state index contributed by atoms with van der Waals surface area (Å²) in [5.41, 5.74) is 4.63. The molecule has 0 spiro atoms. The lowest BCUT2D eigenvalue weighted by molar-refractivity contribution is -0.132. The van der Waals surface area contributed by atoms with E-state index in [0.29, 0.717) is 71.0 Å². The van der Waals surface area contributed by atoms with E-state index in [2.05, 4.69) is 26.5 Å². The third-order valence-electron chi connectivity index (χ3n) is 12.0. The third-order valence-corrected chi connectivity index (χ3v) is 12.0. The summed E-state index contributed by atoms with van der Waals surface area (Å²) in [6.07, 6.45) is 15.1. The minimum Gasteiger partial charge on any atom is -0.381 e. The standard InChI is InChI=1S/C43H60N6O8/c1-48-40-32(6-2-8-37(40)49(43(48)52)36-14-13-34(50)27-38(36)51)7-4-18-54-22-24-57-26-25-56-23-21-53-17-3-5-30-9-11-33(12-10-30)47-42-39-35(31-15-19-55-20-16-31)28-44-41(39)45-29-46-42/h2,6,8,28-31,33,36H,3-5,7,9-27H2,1H3,(H2,44,45,46,47). The summed E-state index contributed by atoms with van der Waals surface area (Å²) in [4.78, 5) is 50.1. The molecular weight excluding hydrogens is 729 g/mol. The molecular formula is C43H60N6O8. The van der Waals surface area contributed by atoms with Crippen molar-refractivity contribution in [2.75, 3.05) is 71.4 Å². The molecule has 0 amide bonds. The molecule has 2 N–H and O–H groups in total. The molecule has 2 saturated carbocycles. The number of anilines is 1.